The summed E-state index contributed by atoms with van der Waals surface area (Å²) >= 11 is 0. The smallest absolute Gasteiger partial charge is 0.310 e. The van der Waals surface area contributed by atoms with E-state index in [1.807, 2.05) is 31.2 Å². The number of carboxylic acids is 1. The highest BCUT2D eigenvalue weighted by molar-refractivity contribution is 5.84. The van der Waals surface area contributed by atoms with Crippen molar-refractivity contribution in [3.05, 3.63) is 77.6 Å². The summed E-state index contributed by atoms with van der Waals surface area (Å²) in [5.74, 6) is -0.606. The Hall–Kier alpha value is -2.95. The number of benzene rings is 2. The Bertz CT molecular complexity index is 995. The SMILES string of the molecule is CC[C@@]1(C(=O)O)[C@H](c2ccccc2F)[C@@H]1c1ccc(-c2cnc(C)o2)cc1. The lowest BCUT2D eigenvalue weighted by Gasteiger charge is -2.10. The Morgan fingerprint density at radius 1 is 1.19 bits per heavy atom. The molecule has 1 aliphatic carbocycles. The number of hydrogen-bond acceptors (Lipinski definition) is 3. The number of aliphatic carboxylic acids is 1. The van der Waals surface area contributed by atoms with E-state index in [4.69, 9.17) is 4.42 Å². The molecule has 1 heterocycles. The molecule has 138 valence electrons. The topological polar surface area (TPSA) is 63.3 Å². The lowest BCUT2D eigenvalue weighted by Crippen LogP contribution is -2.17. The summed E-state index contributed by atoms with van der Waals surface area (Å²) in [6.07, 6.45) is 2.10. The van der Waals surface area contributed by atoms with E-state index in [0.29, 0.717) is 23.6 Å². The van der Waals surface area contributed by atoms with E-state index in [9.17, 15) is 14.3 Å². The van der Waals surface area contributed by atoms with Gasteiger partial charge in [0, 0.05) is 24.3 Å². The molecule has 2 aromatic carbocycles. The molecule has 4 nitrogen and oxygen atoms in total. The molecule has 1 aromatic heterocycles. The minimum absolute atomic E-state index is 0.262. The zero-order chi connectivity index (χ0) is 19.2. The number of hydrogen-bond donors (Lipinski definition) is 1. The molecule has 0 radical (unpaired) electrons. The molecule has 0 saturated heterocycles. The molecule has 3 atom stereocenters. The average Bonchev–Trinajstić information content (AvgIpc) is 3.17. The second kappa shape index (κ2) is 6.34. The van der Waals surface area contributed by atoms with Crippen molar-refractivity contribution in [2.75, 3.05) is 0 Å². The van der Waals surface area contributed by atoms with Crippen LogP contribution in [0.2, 0.25) is 0 Å². The van der Waals surface area contributed by atoms with E-state index in [0.717, 1.165) is 11.1 Å². The number of carboxylic acid groups (broad SMARTS) is 1. The Morgan fingerprint density at radius 2 is 1.89 bits per heavy atom. The molecule has 27 heavy (non-hydrogen) atoms. The third-order valence-electron chi connectivity index (χ3n) is 5.73. The van der Waals surface area contributed by atoms with Gasteiger partial charge in [-0.05, 0) is 23.6 Å². The van der Waals surface area contributed by atoms with E-state index >= 15 is 0 Å². The zero-order valence-electron chi connectivity index (χ0n) is 15.1. The van der Waals surface area contributed by atoms with Gasteiger partial charge >= 0.3 is 5.97 Å². The summed E-state index contributed by atoms with van der Waals surface area (Å²) < 4.78 is 19.9. The Balaban J connectivity index is 1.73. The number of halogens is 1. The van der Waals surface area contributed by atoms with Crippen molar-refractivity contribution in [1.82, 2.24) is 4.98 Å². The normalized spacial score (nSPS) is 24.0. The first-order chi connectivity index (χ1) is 13.0. The van der Waals surface area contributed by atoms with Gasteiger partial charge in [0.25, 0.3) is 0 Å². The van der Waals surface area contributed by atoms with Gasteiger partial charge in [-0.25, -0.2) is 9.37 Å². The Labute approximate surface area is 156 Å². The van der Waals surface area contributed by atoms with Crippen LogP contribution in [0, 0.1) is 18.2 Å². The van der Waals surface area contributed by atoms with Crippen molar-refractivity contribution in [1.29, 1.82) is 0 Å². The molecule has 5 heteroatoms. The van der Waals surface area contributed by atoms with Gasteiger partial charge in [0.1, 0.15) is 5.82 Å². The van der Waals surface area contributed by atoms with Crippen molar-refractivity contribution in [3.8, 4) is 11.3 Å². The predicted octanol–water partition coefficient (Wildman–Crippen LogP) is 5.15. The van der Waals surface area contributed by atoms with Gasteiger partial charge in [-0.15, -0.1) is 0 Å². The molecule has 1 aliphatic rings. The highest BCUT2D eigenvalue weighted by Gasteiger charge is 2.70. The summed E-state index contributed by atoms with van der Waals surface area (Å²) in [6.45, 7) is 3.64. The molecule has 4 rings (SSSR count). The number of rotatable bonds is 5. The lowest BCUT2D eigenvalue weighted by atomic mass is 9.94. The predicted molar refractivity (Wildman–Crippen MR) is 98.9 cm³/mol. The highest BCUT2D eigenvalue weighted by atomic mass is 19.1. The van der Waals surface area contributed by atoms with Crippen molar-refractivity contribution >= 4 is 5.97 Å². The van der Waals surface area contributed by atoms with Crippen LogP contribution in [0.4, 0.5) is 4.39 Å². The van der Waals surface area contributed by atoms with Crippen LogP contribution >= 0.6 is 0 Å². The lowest BCUT2D eigenvalue weighted by molar-refractivity contribution is -0.143. The zero-order valence-corrected chi connectivity index (χ0v) is 15.1. The summed E-state index contributed by atoms with van der Waals surface area (Å²) in [5, 5.41) is 9.95. The summed E-state index contributed by atoms with van der Waals surface area (Å²) in [7, 11) is 0. The summed E-state index contributed by atoms with van der Waals surface area (Å²) in [4.78, 5) is 16.2. The molecule has 3 aromatic rings. The van der Waals surface area contributed by atoms with E-state index in [1.54, 1.807) is 31.3 Å². The monoisotopic (exact) mass is 365 g/mol. The molecule has 0 aliphatic heterocycles. The van der Waals surface area contributed by atoms with Crippen LogP contribution < -0.4 is 0 Å². The van der Waals surface area contributed by atoms with Crippen LogP contribution in [0.3, 0.4) is 0 Å². The minimum Gasteiger partial charge on any atom is -0.481 e. The first-order valence-electron chi connectivity index (χ1n) is 8.99. The quantitative estimate of drug-likeness (QED) is 0.679. The van der Waals surface area contributed by atoms with Crippen LogP contribution in [0.1, 0.15) is 42.2 Å². The molecule has 1 saturated carbocycles. The van der Waals surface area contributed by atoms with Gasteiger partial charge in [-0.1, -0.05) is 49.4 Å². The van der Waals surface area contributed by atoms with E-state index in [-0.39, 0.29) is 17.7 Å². The molecule has 0 bridgehead atoms. The summed E-state index contributed by atoms with van der Waals surface area (Å²) in [5.41, 5.74) is 1.26. The van der Waals surface area contributed by atoms with Crippen LogP contribution in [0.25, 0.3) is 11.3 Å². The fourth-order valence-electron chi connectivity index (χ4n) is 4.32. The molecule has 0 unspecified atom stereocenters. The van der Waals surface area contributed by atoms with Crippen LogP contribution in [0.5, 0.6) is 0 Å². The number of oxazole rings is 1. The standard InChI is InChI=1S/C22H20FNO3/c1-3-22(21(25)26)19(20(22)16-6-4-5-7-17(16)23)15-10-8-14(9-11-15)18-12-24-13(2)27-18/h4-12,19-20H,3H2,1-2H3,(H,25,26)/t19-,20+,22-/m0/s1. The maximum Gasteiger partial charge on any atom is 0.310 e. The molecule has 1 N–H and O–H groups in total. The van der Waals surface area contributed by atoms with Crippen LogP contribution in [0.15, 0.2) is 59.1 Å². The molecule has 1 fully saturated rings. The number of carbonyl (C=O) groups is 1. The molecular formula is C22H20FNO3. The fraction of sp³-hybridized carbons (Fsp3) is 0.273. The van der Waals surface area contributed by atoms with Gasteiger partial charge in [0.2, 0.25) is 0 Å². The second-order valence-corrected chi connectivity index (χ2v) is 7.04. The van der Waals surface area contributed by atoms with Gasteiger partial charge in [0.15, 0.2) is 11.7 Å². The van der Waals surface area contributed by atoms with Crippen LogP contribution in [-0.4, -0.2) is 16.1 Å². The molecular weight excluding hydrogens is 345 g/mol. The number of nitrogens with zero attached hydrogens (tertiary/aromatic N) is 1. The van der Waals surface area contributed by atoms with Crippen molar-refractivity contribution in [2.45, 2.75) is 32.1 Å². The Kier molecular flexibility index (Phi) is 4.10. The van der Waals surface area contributed by atoms with E-state index in [2.05, 4.69) is 4.98 Å². The van der Waals surface area contributed by atoms with Gasteiger partial charge in [-0.2, -0.15) is 0 Å². The van der Waals surface area contributed by atoms with Crippen molar-refractivity contribution < 1.29 is 18.7 Å². The van der Waals surface area contributed by atoms with E-state index in [1.165, 1.54) is 6.07 Å². The highest BCUT2D eigenvalue weighted by Crippen LogP contribution is 2.72. The Morgan fingerprint density at radius 3 is 2.44 bits per heavy atom. The maximum atomic E-state index is 14.4. The molecule has 0 spiro atoms. The average molecular weight is 365 g/mol. The first-order valence-corrected chi connectivity index (χ1v) is 8.99. The van der Waals surface area contributed by atoms with Crippen molar-refractivity contribution in [3.63, 3.8) is 0 Å². The van der Waals surface area contributed by atoms with Gasteiger partial charge in [0.05, 0.1) is 11.6 Å². The summed E-state index contributed by atoms with van der Waals surface area (Å²) in [6, 6.07) is 14.1. The fourth-order valence-corrected chi connectivity index (χ4v) is 4.32. The van der Waals surface area contributed by atoms with Crippen LogP contribution in [-0.2, 0) is 4.79 Å². The van der Waals surface area contributed by atoms with Gasteiger partial charge < -0.3 is 9.52 Å². The van der Waals surface area contributed by atoms with Crippen molar-refractivity contribution in [2.24, 2.45) is 5.41 Å². The largest absolute Gasteiger partial charge is 0.481 e. The maximum absolute atomic E-state index is 14.4. The molecule has 0 amide bonds. The third-order valence-corrected chi connectivity index (χ3v) is 5.73. The number of aryl methyl sites for hydroxylation is 1. The third kappa shape index (κ3) is 2.65. The number of aromatic nitrogens is 1. The second-order valence-electron chi connectivity index (χ2n) is 7.04. The van der Waals surface area contributed by atoms with E-state index < -0.39 is 11.4 Å². The first kappa shape index (κ1) is 17.5. The van der Waals surface area contributed by atoms with Gasteiger partial charge in [-0.3, -0.25) is 4.79 Å². The minimum atomic E-state index is -0.980.